The summed E-state index contributed by atoms with van der Waals surface area (Å²) in [5.41, 5.74) is 9.78. The molecule has 4 aromatic rings. The Balaban J connectivity index is 1.58. The lowest BCUT2D eigenvalue weighted by Crippen LogP contribution is -2.05. The summed E-state index contributed by atoms with van der Waals surface area (Å²) in [5.74, 6) is 1.28. The number of benzene rings is 2. The molecular weight excluding hydrogens is 385 g/mol. The molecule has 0 saturated carbocycles. The second-order valence-corrected chi connectivity index (χ2v) is 6.52. The summed E-state index contributed by atoms with van der Waals surface area (Å²) >= 11 is 0. The third-order valence-electron chi connectivity index (χ3n) is 4.35. The largest absolute Gasteiger partial charge is 0.396 e. The van der Waals surface area contributed by atoms with Gasteiger partial charge in [-0.3, -0.25) is 0 Å². The average molecular weight is 405 g/mol. The summed E-state index contributed by atoms with van der Waals surface area (Å²) in [6.45, 7) is 2.28. The van der Waals surface area contributed by atoms with E-state index in [0.717, 1.165) is 28.1 Å². The Labute approximate surface area is 172 Å². The fourth-order valence-electron chi connectivity index (χ4n) is 3.00. The molecule has 2 heterocycles. The SMILES string of the molecule is CCO/N=C/c1c(N)ncnc1Nc1ccc2nc(Cc3cccc(F)c3)[nH]c2c1. The van der Waals surface area contributed by atoms with Gasteiger partial charge in [0.1, 0.15) is 36.2 Å². The first-order valence-corrected chi connectivity index (χ1v) is 9.38. The van der Waals surface area contributed by atoms with Crippen LogP contribution in [0.3, 0.4) is 0 Å². The molecule has 4 rings (SSSR count). The zero-order valence-corrected chi connectivity index (χ0v) is 16.3. The van der Waals surface area contributed by atoms with Crippen molar-refractivity contribution in [3.8, 4) is 0 Å². The van der Waals surface area contributed by atoms with Gasteiger partial charge < -0.3 is 20.9 Å². The van der Waals surface area contributed by atoms with Gasteiger partial charge in [-0.25, -0.2) is 19.3 Å². The fourth-order valence-corrected chi connectivity index (χ4v) is 3.00. The van der Waals surface area contributed by atoms with Crippen molar-refractivity contribution in [3.63, 3.8) is 0 Å². The Bertz CT molecular complexity index is 1210. The smallest absolute Gasteiger partial charge is 0.144 e. The topological polar surface area (TPSA) is 114 Å². The van der Waals surface area contributed by atoms with Gasteiger partial charge in [-0.2, -0.15) is 0 Å². The molecule has 0 aliphatic carbocycles. The lowest BCUT2D eigenvalue weighted by atomic mass is 10.1. The standard InChI is InChI=1S/C21H20FN7O/c1-2-30-26-11-16-20(23)24-12-25-21(16)27-15-6-7-17-18(10-15)29-19(28-17)9-13-4-3-5-14(22)8-13/h3-8,10-12H,2,9H2,1H3,(H,28,29)(H3,23,24,25,27)/b26-11+. The summed E-state index contributed by atoms with van der Waals surface area (Å²) in [5, 5.41) is 7.08. The Morgan fingerprint density at radius 1 is 1.23 bits per heavy atom. The van der Waals surface area contributed by atoms with E-state index in [9.17, 15) is 4.39 Å². The molecule has 30 heavy (non-hydrogen) atoms. The number of hydrogen-bond acceptors (Lipinski definition) is 7. The lowest BCUT2D eigenvalue weighted by molar-refractivity contribution is 0.160. The lowest BCUT2D eigenvalue weighted by Gasteiger charge is -2.09. The highest BCUT2D eigenvalue weighted by Gasteiger charge is 2.10. The molecule has 0 radical (unpaired) electrons. The van der Waals surface area contributed by atoms with Crippen molar-refractivity contribution in [2.75, 3.05) is 17.7 Å². The van der Waals surface area contributed by atoms with E-state index in [2.05, 4.69) is 30.4 Å². The van der Waals surface area contributed by atoms with Crippen LogP contribution in [0.5, 0.6) is 0 Å². The predicted octanol–water partition coefficient (Wildman–Crippen LogP) is 3.78. The van der Waals surface area contributed by atoms with Gasteiger partial charge in [-0.1, -0.05) is 17.3 Å². The maximum absolute atomic E-state index is 13.4. The molecular formula is C21H20FN7O. The molecule has 4 N–H and O–H groups in total. The quantitative estimate of drug-likeness (QED) is 0.318. The molecule has 152 valence electrons. The van der Waals surface area contributed by atoms with Crippen molar-refractivity contribution < 1.29 is 9.23 Å². The molecule has 8 nitrogen and oxygen atoms in total. The maximum Gasteiger partial charge on any atom is 0.144 e. The number of aromatic nitrogens is 4. The maximum atomic E-state index is 13.4. The first-order valence-electron chi connectivity index (χ1n) is 9.38. The number of H-pyrrole nitrogens is 1. The Hall–Kier alpha value is -4.01. The van der Waals surface area contributed by atoms with Crippen molar-refractivity contribution >= 4 is 34.6 Å². The number of halogens is 1. The Morgan fingerprint density at radius 2 is 2.13 bits per heavy atom. The van der Waals surface area contributed by atoms with Crippen molar-refractivity contribution in [2.45, 2.75) is 13.3 Å². The van der Waals surface area contributed by atoms with Crippen LogP contribution in [0.4, 0.5) is 21.7 Å². The Morgan fingerprint density at radius 3 is 2.97 bits per heavy atom. The molecule has 0 aliphatic heterocycles. The van der Waals surface area contributed by atoms with Gasteiger partial charge in [-0.05, 0) is 42.8 Å². The first-order chi connectivity index (χ1) is 14.6. The number of fused-ring (bicyclic) bond motifs is 1. The minimum Gasteiger partial charge on any atom is -0.396 e. The minimum absolute atomic E-state index is 0.261. The van der Waals surface area contributed by atoms with Gasteiger partial charge in [-0.15, -0.1) is 0 Å². The van der Waals surface area contributed by atoms with Gasteiger partial charge in [0.05, 0.1) is 22.8 Å². The zero-order chi connectivity index (χ0) is 20.9. The second-order valence-electron chi connectivity index (χ2n) is 6.52. The summed E-state index contributed by atoms with van der Waals surface area (Å²) < 4.78 is 13.4. The average Bonchev–Trinajstić information content (AvgIpc) is 3.11. The van der Waals surface area contributed by atoms with Crippen LogP contribution in [0.2, 0.25) is 0 Å². The van der Waals surface area contributed by atoms with Gasteiger partial charge >= 0.3 is 0 Å². The molecule has 0 amide bonds. The monoisotopic (exact) mass is 405 g/mol. The van der Waals surface area contributed by atoms with Crippen LogP contribution in [-0.2, 0) is 11.3 Å². The molecule has 2 aromatic carbocycles. The van der Waals surface area contributed by atoms with E-state index in [1.807, 2.05) is 31.2 Å². The zero-order valence-electron chi connectivity index (χ0n) is 16.3. The highest BCUT2D eigenvalue weighted by Crippen LogP contribution is 2.24. The molecule has 0 unspecified atom stereocenters. The van der Waals surface area contributed by atoms with E-state index in [1.165, 1.54) is 24.7 Å². The van der Waals surface area contributed by atoms with E-state index in [1.54, 1.807) is 6.07 Å². The molecule has 0 spiro atoms. The van der Waals surface area contributed by atoms with Crippen molar-refractivity contribution in [1.29, 1.82) is 0 Å². The summed E-state index contributed by atoms with van der Waals surface area (Å²) in [4.78, 5) is 21.1. The molecule has 2 aromatic heterocycles. The summed E-state index contributed by atoms with van der Waals surface area (Å²) in [6.07, 6.45) is 3.37. The highest BCUT2D eigenvalue weighted by atomic mass is 19.1. The van der Waals surface area contributed by atoms with Crippen LogP contribution in [0.15, 0.2) is 53.9 Å². The van der Waals surface area contributed by atoms with Crippen LogP contribution in [0.1, 0.15) is 23.9 Å². The van der Waals surface area contributed by atoms with Crippen LogP contribution in [-0.4, -0.2) is 32.8 Å². The Kier molecular flexibility index (Phi) is 5.51. The predicted molar refractivity (Wildman–Crippen MR) is 114 cm³/mol. The third kappa shape index (κ3) is 4.35. The van der Waals surface area contributed by atoms with Crippen molar-refractivity contribution in [3.05, 3.63) is 71.6 Å². The van der Waals surface area contributed by atoms with E-state index >= 15 is 0 Å². The minimum atomic E-state index is -0.261. The van der Waals surface area contributed by atoms with E-state index in [4.69, 9.17) is 10.6 Å². The highest BCUT2D eigenvalue weighted by molar-refractivity contribution is 5.93. The third-order valence-corrected chi connectivity index (χ3v) is 4.35. The van der Waals surface area contributed by atoms with E-state index in [-0.39, 0.29) is 11.6 Å². The molecule has 0 aliphatic rings. The first kappa shape index (κ1) is 19.3. The molecule has 0 atom stereocenters. The number of aromatic amines is 1. The fraction of sp³-hybridized carbons (Fsp3) is 0.143. The summed E-state index contributed by atoms with van der Waals surface area (Å²) in [6, 6.07) is 12.2. The van der Waals surface area contributed by atoms with Crippen LogP contribution >= 0.6 is 0 Å². The van der Waals surface area contributed by atoms with Crippen molar-refractivity contribution in [1.82, 2.24) is 19.9 Å². The van der Waals surface area contributed by atoms with E-state index in [0.29, 0.717) is 24.4 Å². The number of hydrogen-bond donors (Lipinski definition) is 3. The number of oxime groups is 1. The second kappa shape index (κ2) is 8.56. The molecule has 9 heteroatoms. The number of imidazole rings is 1. The van der Waals surface area contributed by atoms with E-state index < -0.39 is 0 Å². The van der Waals surface area contributed by atoms with Gasteiger partial charge in [0.2, 0.25) is 0 Å². The number of nitrogen functional groups attached to an aromatic ring is 1. The van der Waals surface area contributed by atoms with Gasteiger partial charge in [0, 0.05) is 12.1 Å². The van der Waals surface area contributed by atoms with Crippen LogP contribution < -0.4 is 11.1 Å². The summed E-state index contributed by atoms with van der Waals surface area (Å²) in [7, 11) is 0. The number of nitrogens with one attached hydrogen (secondary N) is 2. The molecule has 0 bridgehead atoms. The normalized spacial score (nSPS) is 11.3. The number of anilines is 3. The van der Waals surface area contributed by atoms with Gasteiger partial charge in [0.25, 0.3) is 0 Å². The molecule has 0 saturated heterocycles. The van der Waals surface area contributed by atoms with Crippen LogP contribution in [0, 0.1) is 5.82 Å². The number of rotatable bonds is 7. The van der Waals surface area contributed by atoms with Crippen molar-refractivity contribution in [2.24, 2.45) is 5.16 Å². The number of nitrogens with two attached hydrogens (primary N) is 1. The number of nitrogens with zero attached hydrogens (tertiary/aromatic N) is 4. The van der Waals surface area contributed by atoms with Crippen LogP contribution in [0.25, 0.3) is 11.0 Å². The molecule has 0 fully saturated rings. The van der Waals surface area contributed by atoms with Gasteiger partial charge in [0.15, 0.2) is 0 Å².